The van der Waals surface area contributed by atoms with Crippen LogP contribution in [-0.2, 0) is 9.47 Å². The molecule has 3 fully saturated rings. The Hall–Kier alpha value is -0.120. The topological polar surface area (TPSA) is 49.3 Å². The second-order valence-corrected chi connectivity index (χ2v) is 7.47. The molecule has 146 valence electrons. The quantitative estimate of drug-likeness (QED) is 0.336. The number of nitrogens with zero attached hydrogens (tertiary/aromatic N) is 3. The molecule has 1 spiro atoms. The van der Waals surface area contributed by atoms with Crippen LogP contribution in [0.4, 0.5) is 0 Å². The van der Waals surface area contributed by atoms with Crippen molar-refractivity contribution in [2.24, 2.45) is 10.4 Å². The number of aliphatic imine (C=N–C) groups is 1. The highest BCUT2D eigenvalue weighted by molar-refractivity contribution is 14.0. The van der Waals surface area contributed by atoms with Crippen LogP contribution in [0.2, 0.25) is 0 Å². The number of hydrogen-bond donors (Lipinski definition) is 1. The third-order valence-corrected chi connectivity index (χ3v) is 5.55. The third-order valence-electron chi connectivity index (χ3n) is 5.55. The summed E-state index contributed by atoms with van der Waals surface area (Å²) < 4.78 is 10.9. The zero-order valence-corrected chi connectivity index (χ0v) is 18.2. The molecule has 2 heterocycles. The number of nitrogens with one attached hydrogen (secondary N) is 1. The first kappa shape index (κ1) is 21.2. The largest absolute Gasteiger partial charge is 0.383 e. The number of hydrogen-bond acceptors (Lipinski definition) is 4. The summed E-state index contributed by atoms with van der Waals surface area (Å²) in [5.41, 5.74) is 0.384. The van der Waals surface area contributed by atoms with Crippen molar-refractivity contribution in [1.82, 2.24) is 15.1 Å². The maximum atomic E-state index is 5.65. The van der Waals surface area contributed by atoms with E-state index in [-0.39, 0.29) is 24.0 Å². The van der Waals surface area contributed by atoms with Gasteiger partial charge in [0, 0.05) is 57.9 Å². The average Bonchev–Trinajstić information content (AvgIpc) is 3.20. The maximum absolute atomic E-state index is 5.65. The van der Waals surface area contributed by atoms with E-state index in [0.29, 0.717) is 5.41 Å². The first-order chi connectivity index (χ1) is 11.8. The van der Waals surface area contributed by atoms with Gasteiger partial charge < -0.3 is 19.7 Å². The Morgan fingerprint density at radius 3 is 2.84 bits per heavy atom. The summed E-state index contributed by atoms with van der Waals surface area (Å²) in [5.74, 6) is 1.09. The Bertz CT molecular complexity index is 425. The molecule has 6 nitrogen and oxygen atoms in total. The minimum Gasteiger partial charge on any atom is -0.383 e. The van der Waals surface area contributed by atoms with Crippen LogP contribution in [0.3, 0.4) is 0 Å². The molecule has 1 saturated carbocycles. The van der Waals surface area contributed by atoms with E-state index in [0.717, 1.165) is 71.1 Å². The van der Waals surface area contributed by atoms with Gasteiger partial charge in [0.2, 0.25) is 0 Å². The minimum atomic E-state index is 0. The molecule has 1 atom stereocenters. The van der Waals surface area contributed by atoms with Gasteiger partial charge in [-0.25, -0.2) is 0 Å². The molecule has 0 radical (unpaired) electrons. The van der Waals surface area contributed by atoms with E-state index < -0.39 is 0 Å². The normalized spacial score (nSPS) is 26.5. The number of halogens is 1. The summed E-state index contributed by atoms with van der Waals surface area (Å²) in [7, 11) is 1.78. The lowest BCUT2D eigenvalue weighted by molar-refractivity contribution is 0.145. The Labute approximate surface area is 169 Å². The van der Waals surface area contributed by atoms with Crippen molar-refractivity contribution < 1.29 is 9.47 Å². The van der Waals surface area contributed by atoms with Crippen LogP contribution < -0.4 is 5.32 Å². The molecule has 1 N–H and O–H groups in total. The fourth-order valence-electron chi connectivity index (χ4n) is 3.92. The highest BCUT2D eigenvalue weighted by Crippen LogP contribution is 2.38. The monoisotopic (exact) mass is 466 g/mol. The van der Waals surface area contributed by atoms with E-state index in [1.165, 1.54) is 25.7 Å². The number of ether oxygens (including phenoxy) is 2. The van der Waals surface area contributed by atoms with Gasteiger partial charge in [-0.1, -0.05) is 0 Å². The van der Waals surface area contributed by atoms with Crippen LogP contribution in [0.15, 0.2) is 4.99 Å². The summed E-state index contributed by atoms with van der Waals surface area (Å²) in [6.07, 6.45) is 5.11. The van der Waals surface area contributed by atoms with Crippen LogP contribution in [-0.4, -0.2) is 88.0 Å². The standard InChI is InChI=1S/C18H34N4O2.HI/c1-3-19-17(22-9-6-18(14-22)7-12-24-15-18)20-8-10-21(11-13-23-2)16-4-5-16;/h16H,3-15H2,1-2H3,(H,19,20);1H. The van der Waals surface area contributed by atoms with Gasteiger partial charge in [0.05, 0.1) is 19.8 Å². The number of likely N-dealkylation sites (tertiary alicyclic amines) is 1. The van der Waals surface area contributed by atoms with E-state index in [4.69, 9.17) is 14.5 Å². The van der Waals surface area contributed by atoms with Crippen LogP contribution >= 0.6 is 24.0 Å². The summed E-state index contributed by atoms with van der Waals surface area (Å²) in [6.45, 7) is 10.9. The second-order valence-electron chi connectivity index (χ2n) is 7.47. The van der Waals surface area contributed by atoms with Gasteiger partial charge in [-0.15, -0.1) is 24.0 Å². The summed E-state index contributed by atoms with van der Waals surface area (Å²) in [5, 5.41) is 3.48. The highest BCUT2D eigenvalue weighted by Gasteiger charge is 2.42. The predicted molar refractivity (Wildman–Crippen MR) is 112 cm³/mol. The van der Waals surface area contributed by atoms with Gasteiger partial charge in [-0.05, 0) is 32.6 Å². The molecular formula is C18H35IN4O2. The van der Waals surface area contributed by atoms with Crippen molar-refractivity contribution in [3.05, 3.63) is 0 Å². The number of methoxy groups -OCH3 is 1. The van der Waals surface area contributed by atoms with Crippen molar-refractivity contribution in [2.45, 2.75) is 38.6 Å². The average molecular weight is 466 g/mol. The molecule has 0 aromatic carbocycles. The van der Waals surface area contributed by atoms with Gasteiger partial charge in [0.25, 0.3) is 0 Å². The molecule has 0 amide bonds. The van der Waals surface area contributed by atoms with Crippen molar-refractivity contribution in [3.63, 3.8) is 0 Å². The first-order valence-corrected chi connectivity index (χ1v) is 9.60. The Morgan fingerprint density at radius 1 is 1.36 bits per heavy atom. The highest BCUT2D eigenvalue weighted by atomic mass is 127. The zero-order valence-electron chi connectivity index (χ0n) is 15.8. The predicted octanol–water partition coefficient (Wildman–Crippen LogP) is 1.79. The SMILES string of the molecule is CCNC(=NCCN(CCOC)C1CC1)N1CCC2(CCOC2)C1.I. The van der Waals surface area contributed by atoms with E-state index in [1.807, 2.05) is 0 Å². The summed E-state index contributed by atoms with van der Waals surface area (Å²) >= 11 is 0. The van der Waals surface area contributed by atoms with Crippen LogP contribution in [0, 0.1) is 5.41 Å². The van der Waals surface area contributed by atoms with Crippen molar-refractivity contribution >= 4 is 29.9 Å². The first-order valence-electron chi connectivity index (χ1n) is 9.60. The smallest absolute Gasteiger partial charge is 0.193 e. The maximum Gasteiger partial charge on any atom is 0.193 e. The lowest BCUT2D eigenvalue weighted by Crippen LogP contribution is -2.42. The van der Waals surface area contributed by atoms with Gasteiger partial charge in [0.1, 0.15) is 0 Å². The molecular weight excluding hydrogens is 431 g/mol. The molecule has 1 aliphatic carbocycles. The Balaban J connectivity index is 0.00000225. The van der Waals surface area contributed by atoms with Gasteiger partial charge >= 0.3 is 0 Å². The molecule has 0 aromatic heterocycles. The molecule has 25 heavy (non-hydrogen) atoms. The van der Waals surface area contributed by atoms with E-state index >= 15 is 0 Å². The fourth-order valence-corrected chi connectivity index (χ4v) is 3.92. The fraction of sp³-hybridized carbons (Fsp3) is 0.944. The summed E-state index contributed by atoms with van der Waals surface area (Å²) in [6, 6.07) is 0.767. The second kappa shape index (κ2) is 10.3. The zero-order chi connectivity index (χ0) is 16.8. The molecule has 1 unspecified atom stereocenters. The van der Waals surface area contributed by atoms with Crippen molar-refractivity contribution in [3.8, 4) is 0 Å². The molecule has 3 aliphatic rings. The molecule has 2 aliphatic heterocycles. The van der Waals surface area contributed by atoms with Crippen LogP contribution in [0.1, 0.15) is 32.6 Å². The Kier molecular flexibility index (Phi) is 8.71. The van der Waals surface area contributed by atoms with Gasteiger partial charge in [-0.2, -0.15) is 0 Å². The molecule has 3 rings (SSSR count). The van der Waals surface area contributed by atoms with E-state index in [9.17, 15) is 0 Å². The summed E-state index contributed by atoms with van der Waals surface area (Å²) in [4.78, 5) is 9.89. The van der Waals surface area contributed by atoms with Crippen molar-refractivity contribution in [2.75, 3.05) is 66.2 Å². The Morgan fingerprint density at radius 2 is 2.20 bits per heavy atom. The van der Waals surface area contributed by atoms with E-state index in [1.54, 1.807) is 7.11 Å². The van der Waals surface area contributed by atoms with Crippen LogP contribution in [0.5, 0.6) is 0 Å². The van der Waals surface area contributed by atoms with Gasteiger partial charge in [0.15, 0.2) is 5.96 Å². The number of rotatable bonds is 8. The van der Waals surface area contributed by atoms with E-state index in [2.05, 4.69) is 22.0 Å². The molecule has 0 aromatic rings. The van der Waals surface area contributed by atoms with Gasteiger partial charge in [-0.3, -0.25) is 9.89 Å². The van der Waals surface area contributed by atoms with Crippen molar-refractivity contribution in [1.29, 1.82) is 0 Å². The lowest BCUT2D eigenvalue weighted by Gasteiger charge is -2.25. The molecule has 2 saturated heterocycles. The molecule has 7 heteroatoms. The molecule has 0 bridgehead atoms. The third kappa shape index (κ3) is 5.94. The van der Waals surface area contributed by atoms with Crippen LogP contribution in [0.25, 0.3) is 0 Å². The minimum absolute atomic E-state index is 0. The number of guanidine groups is 1. The lowest BCUT2D eigenvalue weighted by atomic mass is 9.87.